The molecule has 2 aromatic rings. The highest BCUT2D eigenvalue weighted by atomic mass is 79.9. The second-order valence-electron chi connectivity index (χ2n) is 3.97. The van der Waals surface area contributed by atoms with Crippen LogP contribution in [0.1, 0.15) is 22.0 Å². The molecule has 5 heteroatoms. The van der Waals surface area contributed by atoms with Crippen molar-refractivity contribution in [1.29, 1.82) is 0 Å². The van der Waals surface area contributed by atoms with Gasteiger partial charge in [-0.2, -0.15) is 0 Å². The molecule has 1 atom stereocenters. The van der Waals surface area contributed by atoms with Gasteiger partial charge in [-0.15, -0.1) is 11.3 Å². The maximum absolute atomic E-state index is 6.38. The lowest BCUT2D eigenvalue weighted by Gasteiger charge is -2.17. The van der Waals surface area contributed by atoms with Crippen LogP contribution in [-0.4, -0.2) is 7.05 Å². The Balaban J connectivity index is 2.48. The number of aryl methyl sites for hydroxylation is 1. The highest BCUT2D eigenvalue weighted by Gasteiger charge is 2.19. The van der Waals surface area contributed by atoms with Gasteiger partial charge in [-0.1, -0.05) is 41.4 Å². The monoisotopic (exact) mass is 363 g/mol. The largest absolute Gasteiger partial charge is 0.309 e. The fraction of sp³-hybridized carbons (Fsp3) is 0.231. The van der Waals surface area contributed by atoms with Crippen molar-refractivity contribution in [1.82, 2.24) is 5.32 Å². The van der Waals surface area contributed by atoms with E-state index in [2.05, 4.69) is 21.2 Å². The number of benzene rings is 1. The van der Waals surface area contributed by atoms with Crippen LogP contribution in [0.5, 0.6) is 0 Å². The van der Waals surface area contributed by atoms with E-state index >= 15 is 0 Å². The van der Waals surface area contributed by atoms with Crippen LogP contribution in [0.25, 0.3) is 0 Å². The zero-order valence-electron chi connectivity index (χ0n) is 9.93. The van der Waals surface area contributed by atoms with Crippen molar-refractivity contribution in [2.75, 3.05) is 7.05 Å². The second-order valence-corrected chi connectivity index (χ2v) is 6.89. The van der Waals surface area contributed by atoms with E-state index in [1.807, 2.05) is 38.2 Å². The lowest BCUT2D eigenvalue weighted by molar-refractivity contribution is 0.703. The van der Waals surface area contributed by atoms with Gasteiger partial charge in [0.25, 0.3) is 0 Å². The molecule has 0 aliphatic carbocycles. The van der Waals surface area contributed by atoms with Crippen molar-refractivity contribution in [2.45, 2.75) is 13.0 Å². The molecule has 1 nitrogen and oxygen atoms in total. The van der Waals surface area contributed by atoms with Gasteiger partial charge in [-0.3, -0.25) is 0 Å². The molecule has 1 aromatic carbocycles. The predicted octanol–water partition coefficient (Wildman–Crippen LogP) is 5.43. The third kappa shape index (κ3) is 2.75. The minimum absolute atomic E-state index is 0.0613. The van der Waals surface area contributed by atoms with E-state index in [1.165, 1.54) is 0 Å². The minimum Gasteiger partial charge on any atom is -0.309 e. The summed E-state index contributed by atoms with van der Waals surface area (Å²) in [6.07, 6.45) is 0. The number of hydrogen-bond acceptors (Lipinski definition) is 2. The molecule has 0 fully saturated rings. The van der Waals surface area contributed by atoms with Crippen LogP contribution >= 0.6 is 50.5 Å². The maximum atomic E-state index is 6.38. The Morgan fingerprint density at radius 1 is 1.33 bits per heavy atom. The summed E-state index contributed by atoms with van der Waals surface area (Å²) in [6.45, 7) is 2.01. The summed E-state index contributed by atoms with van der Waals surface area (Å²) in [5.74, 6) is 0. The minimum atomic E-state index is 0.0613. The molecule has 1 aromatic heterocycles. The summed E-state index contributed by atoms with van der Waals surface area (Å²) in [4.78, 5) is 1.14. The zero-order valence-corrected chi connectivity index (χ0v) is 13.8. The van der Waals surface area contributed by atoms with E-state index in [0.29, 0.717) is 0 Å². The molecular weight excluding hydrogens is 353 g/mol. The van der Waals surface area contributed by atoms with Crippen LogP contribution in [0, 0.1) is 6.92 Å². The van der Waals surface area contributed by atoms with Crippen molar-refractivity contribution in [3.05, 3.63) is 54.1 Å². The Labute approximate surface area is 129 Å². The molecule has 2 rings (SSSR count). The van der Waals surface area contributed by atoms with Crippen molar-refractivity contribution in [3.8, 4) is 0 Å². The Hall–Kier alpha value is -0.0600. The van der Waals surface area contributed by atoms with Crippen LogP contribution in [0.4, 0.5) is 0 Å². The standard InChI is InChI=1S/C13H12BrCl2NS/c1-7-4-3-5-8(11(7)15)12(17-2)10-6-9(14)13(16)18-10/h3-6,12,17H,1-2H3. The molecule has 0 saturated carbocycles. The average molecular weight is 365 g/mol. The van der Waals surface area contributed by atoms with Gasteiger partial charge in [-0.25, -0.2) is 0 Å². The third-order valence-corrected chi connectivity index (χ3v) is 5.83. The predicted molar refractivity (Wildman–Crippen MR) is 84.1 cm³/mol. The highest BCUT2D eigenvalue weighted by Crippen LogP contribution is 2.39. The molecule has 96 valence electrons. The molecule has 0 spiro atoms. The van der Waals surface area contributed by atoms with Gasteiger partial charge in [0, 0.05) is 14.4 Å². The fourth-order valence-corrected chi connectivity index (χ4v) is 3.95. The van der Waals surface area contributed by atoms with Gasteiger partial charge < -0.3 is 5.32 Å². The maximum Gasteiger partial charge on any atom is 0.107 e. The Morgan fingerprint density at radius 3 is 2.61 bits per heavy atom. The molecule has 1 N–H and O–H groups in total. The third-order valence-electron chi connectivity index (χ3n) is 2.77. The molecule has 1 heterocycles. The first-order valence-corrected chi connectivity index (χ1v) is 7.78. The lowest BCUT2D eigenvalue weighted by atomic mass is 10.0. The normalized spacial score (nSPS) is 12.7. The summed E-state index contributed by atoms with van der Waals surface area (Å²) in [5.41, 5.74) is 2.15. The van der Waals surface area contributed by atoms with Crippen LogP contribution in [-0.2, 0) is 0 Å². The Kier molecular flexibility index (Phi) is 4.73. The molecule has 0 amide bonds. The molecule has 18 heavy (non-hydrogen) atoms. The van der Waals surface area contributed by atoms with Gasteiger partial charge in [-0.05, 0) is 47.1 Å². The Bertz CT molecular complexity index is 549. The van der Waals surface area contributed by atoms with Gasteiger partial charge >= 0.3 is 0 Å². The van der Waals surface area contributed by atoms with Crippen molar-refractivity contribution < 1.29 is 0 Å². The van der Waals surface area contributed by atoms with Crippen LogP contribution in [0.3, 0.4) is 0 Å². The van der Waals surface area contributed by atoms with Gasteiger partial charge in [0.1, 0.15) is 4.34 Å². The van der Waals surface area contributed by atoms with Crippen molar-refractivity contribution >= 4 is 50.5 Å². The number of nitrogens with one attached hydrogen (secondary N) is 1. The van der Waals surface area contributed by atoms with Gasteiger partial charge in [0.15, 0.2) is 0 Å². The summed E-state index contributed by atoms with van der Waals surface area (Å²) in [7, 11) is 1.92. The highest BCUT2D eigenvalue weighted by molar-refractivity contribution is 9.10. The van der Waals surface area contributed by atoms with Crippen molar-refractivity contribution in [2.24, 2.45) is 0 Å². The molecule has 0 bridgehead atoms. The SMILES string of the molecule is CNC(c1cc(Br)c(Cl)s1)c1cccc(C)c1Cl. The van der Waals surface area contributed by atoms with Crippen LogP contribution in [0.2, 0.25) is 9.36 Å². The molecule has 0 aliphatic rings. The lowest BCUT2D eigenvalue weighted by Crippen LogP contribution is -2.17. The molecule has 1 unspecified atom stereocenters. The summed E-state index contributed by atoms with van der Waals surface area (Å²) < 4.78 is 1.68. The fourth-order valence-electron chi connectivity index (χ4n) is 1.85. The van der Waals surface area contributed by atoms with Gasteiger partial charge in [0.05, 0.1) is 6.04 Å². The second kappa shape index (κ2) is 5.93. The van der Waals surface area contributed by atoms with Crippen LogP contribution < -0.4 is 5.32 Å². The molecule has 0 saturated heterocycles. The van der Waals surface area contributed by atoms with E-state index in [0.717, 1.165) is 29.8 Å². The summed E-state index contributed by atoms with van der Waals surface area (Å²) in [6, 6.07) is 8.16. The van der Waals surface area contributed by atoms with E-state index in [-0.39, 0.29) is 6.04 Å². The van der Waals surface area contributed by atoms with Crippen LogP contribution in [0.15, 0.2) is 28.7 Å². The number of halogens is 3. The van der Waals surface area contributed by atoms with E-state index < -0.39 is 0 Å². The molecule has 0 radical (unpaired) electrons. The first-order chi connectivity index (χ1) is 8.54. The molecule has 0 aliphatic heterocycles. The summed E-state index contributed by atoms with van der Waals surface area (Å²) in [5, 5.41) is 4.09. The summed E-state index contributed by atoms with van der Waals surface area (Å²) >= 11 is 17.5. The smallest absolute Gasteiger partial charge is 0.107 e. The van der Waals surface area contributed by atoms with E-state index in [4.69, 9.17) is 23.2 Å². The zero-order chi connectivity index (χ0) is 13.3. The average Bonchev–Trinajstić information content (AvgIpc) is 2.66. The van der Waals surface area contributed by atoms with Crippen molar-refractivity contribution in [3.63, 3.8) is 0 Å². The molecular formula is C13H12BrCl2NS. The quantitative estimate of drug-likeness (QED) is 0.765. The Morgan fingerprint density at radius 2 is 2.06 bits per heavy atom. The number of rotatable bonds is 3. The number of hydrogen-bond donors (Lipinski definition) is 1. The van der Waals surface area contributed by atoms with E-state index in [9.17, 15) is 0 Å². The first-order valence-electron chi connectivity index (χ1n) is 5.41. The van der Waals surface area contributed by atoms with Gasteiger partial charge in [0.2, 0.25) is 0 Å². The first kappa shape index (κ1) is 14.4. The number of thiophene rings is 1. The van der Waals surface area contributed by atoms with E-state index in [1.54, 1.807) is 11.3 Å². The topological polar surface area (TPSA) is 12.0 Å².